The van der Waals surface area contributed by atoms with Crippen molar-refractivity contribution >= 4 is 11.5 Å². The molecule has 5 rings (SSSR count). The molecule has 3 heterocycles. The van der Waals surface area contributed by atoms with Crippen LogP contribution in [0.15, 0.2) is 58.9 Å². The number of aromatic nitrogens is 4. The van der Waals surface area contributed by atoms with Crippen molar-refractivity contribution in [2.24, 2.45) is 23.7 Å². The third kappa shape index (κ3) is 5.91. The molecule has 0 radical (unpaired) electrons. The third-order valence-electron chi connectivity index (χ3n) is 8.01. The summed E-state index contributed by atoms with van der Waals surface area (Å²) in [5.41, 5.74) is 2.11. The van der Waals surface area contributed by atoms with Gasteiger partial charge in [0.25, 0.3) is 5.69 Å². The van der Waals surface area contributed by atoms with Gasteiger partial charge in [-0.1, -0.05) is 25.5 Å². The van der Waals surface area contributed by atoms with Gasteiger partial charge in [0, 0.05) is 69.2 Å². The summed E-state index contributed by atoms with van der Waals surface area (Å²) in [5.74, 6) is 4.00. The van der Waals surface area contributed by atoms with Crippen LogP contribution in [0, 0.1) is 33.8 Å². The zero-order valence-corrected chi connectivity index (χ0v) is 22.2. The number of allylic oxidation sites excluding steroid dienone is 1. The third-order valence-corrected chi connectivity index (χ3v) is 8.01. The fourth-order valence-corrected chi connectivity index (χ4v) is 5.79. The van der Waals surface area contributed by atoms with Gasteiger partial charge in [0.2, 0.25) is 11.8 Å². The van der Waals surface area contributed by atoms with Gasteiger partial charge in [0.05, 0.1) is 11.1 Å². The number of rotatable bonds is 8. The van der Waals surface area contributed by atoms with Crippen LogP contribution in [0.2, 0.25) is 0 Å². The standard InChI is InChI=1S/C28H35N7O3/c1-19(2)25-15-22(16-27-31-32-28(38-27)21-4-6-24(7-5-21)35(36)37)20(3)14-23(25)18-33-10-12-34(13-11-33)26-17-29-8-9-30-26/h4-9,14,17,19,22-23,25H,10-13,15-16,18H2,1-3H3/t22-,23-,25-/m0/s1. The molecular weight excluding hydrogens is 482 g/mol. The van der Waals surface area contributed by atoms with E-state index in [1.807, 2.05) is 6.20 Å². The maximum absolute atomic E-state index is 10.9. The van der Waals surface area contributed by atoms with E-state index in [4.69, 9.17) is 4.42 Å². The summed E-state index contributed by atoms with van der Waals surface area (Å²) in [6.45, 7) is 12.0. The topological polar surface area (TPSA) is 114 Å². The molecule has 2 aromatic heterocycles. The van der Waals surface area contributed by atoms with Crippen LogP contribution in [0.3, 0.4) is 0 Å². The highest BCUT2D eigenvalue weighted by atomic mass is 16.6. The van der Waals surface area contributed by atoms with Gasteiger partial charge in [0.15, 0.2) is 0 Å². The van der Waals surface area contributed by atoms with Crippen LogP contribution in [0.1, 0.15) is 33.1 Å². The number of piperazine rings is 1. The number of hydrogen-bond acceptors (Lipinski definition) is 9. The molecule has 1 aliphatic heterocycles. The predicted octanol–water partition coefficient (Wildman–Crippen LogP) is 4.65. The molecule has 3 aromatic rings. The lowest BCUT2D eigenvalue weighted by atomic mass is 9.69. The molecule has 1 saturated heterocycles. The Morgan fingerprint density at radius 2 is 1.87 bits per heavy atom. The van der Waals surface area contributed by atoms with E-state index in [1.54, 1.807) is 24.5 Å². The fraction of sp³-hybridized carbons (Fsp3) is 0.500. The van der Waals surface area contributed by atoms with Crippen molar-refractivity contribution in [3.8, 4) is 11.5 Å². The van der Waals surface area contributed by atoms with E-state index in [0.717, 1.165) is 45.0 Å². The smallest absolute Gasteiger partial charge is 0.269 e. The normalized spacial score (nSPS) is 22.5. The van der Waals surface area contributed by atoms with Crippen molar-refractivity contribution in [2.75, 3.05) is 37.6 Å². The van der Waals surface area contributed by atoms with Crippen LogP contribution >= 0.6 is 0 Å². The van der Waals surface area contributed by atoms with E-state index < -0.39 is 4.92 Å². The summed E-state index contributed by atoms with van der Waals surface area (Å²) >= 11 is 0. The number of nitro groups is 1. The number of nitrogens with zero attached hydrogens (tertiary/aromatic N) is 7. The second kappa shape index (κ2) is 11.4. The Hall–Kier alpha value is -3.66. The molecule has 0 unspecified atom stereocenters. The lowest BCUT2D eigenvalue weighted by Crippen LogP contribution is -2.49. The first-order chi connectivity index (χ1) is 18.4. The molecule has 1 fully saturated rings. The Morgan fingerprint density at radius 3 is 2.53 bits per heavy atom. The van der Waals surface area contributed by atoms with Crippen LogP contribution in [0.25, 0.3) is 11.5 Å². The molecule has 3 atom stereocenters. The van der Waals surface area contributed by atoms with Crippen molar-refractivity contribution in [3.05, 3.63) is 70.5 Å². The number of anilines is 1. The predicted molar refractivity (Wildman–Crippen MR) is 144 cm³/mol. The van der Waals surface area contributed by atoms with Gasteiger partial charge in [-0.15, -0.1) is 10.2 Å². The van der Waals surface area contributed by atoms with Crippen molar-refractivity contribution in [1.29, 1.82) is 0 Å². The van der Waals surface area contributed by atoms with E-state index in [1.165, 1.54) is 17.7 Å². The highest BCUT2D eigenvalue weighted by Gasteiger charge is 2.34. The first-order valence-electron chi connectivity index (χ1n) is 13.4. The second-order valence-electron chi connectivity index (χ2n) is 10.8. The summed E-state index contributed by atoms with van der Waals surface area (Å²) < 4.78 is 5.97. The first-order valence-corrected chi connectivity index (χ1v) is 13.4. The summed E-state index contributed by atoms with van der Waals surface area (Å²) in [6.07, 6.45) is 9.60. The maximum atomic E-state index is 10.9. The highest BCUT2D eigenvalue weighted by molar-refractivity contribution is 5.55. The maximum Gasteiger partial charge on any atom is 0.269 e. The van der Waals surface area contributed by atoms with Gasteiger partial charge in [-0.05, 0) is 49.1 Å². The zero-order valence-electron chi connectivity index (χ0n) is 22.2. The fourth-order valence-electron chi connectivity index (χ4n) is 5.79. The first kappa shape index (κ1) is 26.0. The molecule has 10 nitrogen and oxygen atoms in total. The summed E-state index contributed by atoms with van der Waals surface area (Å²) in [5, 5.41) is 19.4. The van der Waals surface area contributed by atoms with Crippen LogP contribution in [-0.4, -0.2) is 62.7 Å². The van der Waals surface area contributed by atoms with Gasteiger partial charge >= 0.3 is 0 Å². The van der Waals surface area contributed by atoms with Crippen molar-refractivity contribution in [3.63, 3.8) is 0 Å². The van der Waals surface area contributed by atoms with Crippen molar-refractivity contribution in [1.82, 2.24) is 25.1 Å². The summed E-state index contributed by atoms with van der Waals surface area (Å²) in [7, 11) is 0. The van der Waals surface area contributed by atoms with Crippen LogP contribution in [0.5, 0.6) is 0 Å². The Labute approximate surface area is 222 Å². The Kier molecular flexibility index (Phi) is 7.78. The van der Waals surface area contributed by atoms with Gasteiger partial charge < -0.3 is 9.32 Å². The molecule has 0 saturated carbocycles. The Balaban J connectivity index is 1.21. The molecule has 0 bridgehead atoms. The molecule has 10 heteroatoms. The number of nitro benzene ring substituents is 1. The second-order valence-corrected chi connectivity index (χ2v) is 10.8. The molecule has 200 valence electrons. The monoisotopic (exact) mass is 517 g/mol. The zero-order chi connectivity index (χ0) is 26.6. The molecule has 0 N–H and O–H groups in total. The molecule has 1 aliphatic carbocycles. The number of non-ortho nitro benzene ring substituents is 1. The van der Waals surface area contributed by atoms with E-state index in [2.05, 4.69) is 56.8 Å². The van der Waals surface area contributed by atoms with Crippen LogP contribution in [0.4, 0.5) is 11.5 Å². The SMILES string of the molecule is CC1=C[C@@H](CN2CCN(c3cnccn3)CC2)[C@H](C(C)C)C[C@H]1Cc1nnc(-c2ccc([N+](=O)[O-])cc2)o1. The lowest BCUT2D eigenvalue weighted by Gasteiger charge is -2.41. The molecule has 2 aliphatic rings. The minimum Gasteiger partial charge on any atom is -0.421 e. The highest BCUT2D eigenvalue weighted by Crippen LogP contribution is 2.39. The molecular formula is C28H35N7O3. The quantitative estimate of drug-likeness (QED) is 0.239. The summed E-state index contributed by atoms with van der Waals surface area (Å²) in [6, 6.07) is 6.20. The number of hydrogen-bond donors (Lipinski definition) is 0. The Morgan fingerprint density at radius 1 is 1.11 bits per heavy atom. The molecule has 1 aromatic carbocycles. The van der Waals surface area contributed by atoms with Crippen LogP contribution in [-0.2, 0) is 6.42 Å². The van der Waals surface area contributed by atoms with E-state index in [-0.39, 0.29) is 5.69 Å². The van der Waals surface area contributed by atoms with E-state index >= 15 is 0 Å². The van der Waals surface area contributed by atoms with Gasteiger partial charge in [0.1, 0.15) is 5.82 Å². The average Bonchev–Trinajstić information content (AvgIpc) is 3.39. The Bertz CT molecular complexity index is 1250. The summed E-state index contributed by atoms with van der Waals surface area (Å²) in [4.78, 5) is 24.1. The van der Waals surface area contributed by atoms with E-state index in [9.17, 15) is 10.1 Å². The minimum atomic E-state index is -0.417. The van der Waals surface area contributed by atoms with Crippen molar-refractivity contribution in [2.45, 2.75) is 33.6 Å². The van der Waals surface area contributed by atoms with E-state index in [0.29, 0.717) is 47.4 Å². The minimum absolute atomic E-state index is 0.0399. The average molecular weight is 518 g/mol. The molecule has 0 amide bonds. The lowest BCUT2D eigenvalue weighted by molar-refractivity contribution is -0.384. The van der Waals surface area contributed by atoms with Gasteiger partial charge in [-0.2, -0.15) is 0 Å². The number of benzene rings is 1. The van der Waals surface area contributed by atoms with Crippen LogP contribution < -0.4 is 4.90 Å². The molecule has 0 spiro atoms. The molecule has 38 heavy (non-hydrogen) atoms. The van der Waals surface area contributed by atoms with Gasteiger partial charge in [-0.25, -0.2) is 4.98 Å². The largest absolute Gasteiger partial charge is 0.421 e. The van der Waals surface area contributed by atoms with Crippen molar-refractivity contribution < 1.29 is 9.34 Å². The van der Waals surface area contributed by atoms with Gasteiger partial charge in [-0.3, -0.25) is 20.0 Å².